The molecule has 5 heteroatoms. The molecule has 1 aromatic rings. The molecular weight excluding hydrogens is 214 g/mol. The zero-order valence-electron chi connectivity index (χ0n) is 5.50. The molecule has 1 heterocycles. The summed E-state index contributed by atoms with van der Waals surface area (Å²) in [6.07, 6.45) is 1.42. The van der Waals surface area contributed by atoms with E-state index in [4.69, 9.17) is 19.7 Å². The molecule has 0 unspecified atom stereocenters. The topological polar surface area (TPSA) is 66.5 Å². The molecule has 0 saturated heterocycles. The van der Waals surface area contributed by atoms with Crippen LogP contribution in [0.3, 0.4) is 0 Å². The van der Waals surface area contributed by atoms with Crippen molar-refractivity contribution in [3.63, 3.8) is 0 Å². The average Bonchev–Trinajstić information content (AvgIpc) is 2.37. The Kier molecular flexibility index (Phi) is 2.67. The molecular formula is C6H6BrNO3. The quantitative estimate of drug-likeness (QED) is 0.584. The van der Waals surface area contributed by atoms with E-state index in [0.717, 1.165) is 0 Å². The van der Waals surface area contributed by atoms with Gasteiger partial charge in [0.1, 0.15) is 11.1 Å². The van der Waals surface area contributed by atoms with Crippen molar-refractivity contribution in [1.29, 1.82) is 5.41 Å². The average molecular weight is 220 g/mol. The highest BCUT2D eigenvalue weighted by molar-refractivity contribution is 9.10. The molecule has 0 bridgehead atoms. The Morgan fingerprint density at radius 2 is 2.55 bits per heavy atom. The number of rotatable bonds is 2. The van der Waals surface area contributed by atoms with Crippen molar-refractivity contribution in [1.82, 2.24) is 0 Å². The van der Waals surface area contributed by atoms with Gasteiger partial charge in [0.15, 0.2) is 0 Å². The maximum absolute atomic E-state index is 8.42. The van der Waals surface area contributed by atoms with Crippen LogP contribution in [0.5, 0.6) is 5.95 Å². The SMILES string of the molecule is N=C(CO)Oc1occc1Br. The summed E-state index contributed by atoms with van der Waals surface area (Å²) in [7, 11) is 0. The summed E-state index contributed by atoms with van der Waals surface area (Å²) in [6, 6.07) is 1.64. The minimum atomic E-state index is -0.437. The van der Waals surface area contributed by atoms with Gasteiger partial charge in [-0.3, -0.25) is 5.41 Å². The highest BCUT2D eigenvalue weighted by Gasteiger charge is 2.06. The van der Waals surface area contributed by atoms with Crippen molar-refractivity contribution < 1.29 is 14.3 Å². The van der Waals surface area contributed by atoms with Crippen molar-refractivity contribution in [3.8, 4) is 5.95 Å². The van der Waals surface area contributed by atoms with E-state index in [1.54, 1.807) is 6.07 Å². The standard InChI is InChI=1S/C6H6BrNO3/c7-4-1-2-10-6(4)11-5(8)3-9/h1-2,8-9H,3H2. The predicted octanol–water partition coefficient (Wildman–Crippen LogP) is 1.39. The fourth-order valence-corrected chi connectivity index (χ4v) is 0.779. The monoisotopic (exact) mass is 219 g/mol. The normalized spacial score (nSPS) is 9.64. The second-order valence-electron chi connectivity index (χ2n) is 1.74. The first kappa shape index (κ1) is 8.29. The van der Waals surface area contributed by atoms with Gasteiger partial charge >= 0.3 is 5.95 Å². The third-order valence-electron chi connectivity index (χ3n) is 0.944. The maximum atomic E-state index is 8.42. The number of aliphatic hydroxyl groups is 1. The lowest BCUT2D eigenvalue weighted by Crippen LogP contribution is -2.10. The first-order valence-electron chi connectivity index (χ1n) is 2.83. The molecule has 0 aliphatic rings. The molecule has 0 radical (unpaired) electrons. The predicted molar refractivity (Wildman–Crippen MR) is 41.8 cm³/mol. The van der Waals surface area contributed by atoms with Crippen LogP contribution >= 0.6 is 15.9 Å². The summed E-state index contributed by atoms with van der Waals surface area (Å²) in [5.41, 5.74) is 0. The number of furan rings is 1. The molecule has 0 fully saturated rings. The molecule has 11 heavy (non-hydrogen) atoms. The number of hydrogen-bond donors (Lipinski definition) is 2. The Bertz CT molecular complexity index is 258. The summed E-state index contributed by atoms with van der Waals surface area (Å²) in [6.45, 7) is -0.437. The van der Waals surface area contributed by atoms with Gasteiger partial charge < -0.3 is 14.3 Å². The van der Waals surface area contributed by atoms with E-state index in [1.165, 1.54) is 6.26 Å². The molecule has 1 aromatic heterocycles. The zero-order chi connectivity index (χ0) is 8.27. The van der Waals surface area contributed by atoms with Crippen molar-refractivity contribution in [2.24, 2.45) is 0 Å². The largest absolute Gasteiger partial charge is 0.433 e. The van der Waals surface area contributed by atoms with E-state index in [9.17, 15) is 0 Å². The molecule has 0 amide bonds. The van der Waals surface area contributed by atoms with Gasteiger partial charge in [-0.25, -0.2) is 0 Å². The van der Waals surface area contributed by atoms with E-state index in [1.807, 2.05) is 0 Å². The van der Waals surface area contributed by atoms with E-state index in [2.05, 4.69) is 15.9 Å². The zero-order valence-corrected chi connectivity index (χ0v) is 7.09. The van der Waals surface area contributed by atoms with Crippen LogP contribution in [-0.2, 0) is 0 Å². The van der Waals surface area contributed by atoms with Crippen molar-refractivity contribution in [3.05, 3.63) is 16.8 Å². The molecule has 0 aliphatic heterocycles. The Morgan fingerprint density at radius 3 is 3.00 bits per heavy atom. The van der Waals surface area contributed by atoms with E-state index in [0.29, 0.717) is 4.47 Å². The van der Waals surface area contributed by atoms with Gasteiger partial charge in [0.2, 0.25) is 5.90 Å². The van der Waals surface area contributed by atoms with E-state index in [-0.39, 0.29) is 11.8 Å². The lowest BCUT2D eigenvalue weighted by molar-refractivity contribution is 0.303. The highest BCUT2D eigenvalue weighted by Crippen LogP contribution is 2.25. The first-order valence-corrected chi connectivity index (χ1v) is 3.62. The van der Waals surface area contributed by atoms with Crippen molar-refractivity contribution in [2.75, 3.05) is 6.61 Å². The molecule has 0 aromatic carbocycles. The summed E-state index contributed by atoms with van der Waals surface area (Å²) < 4.78 is 10.2. The maximum Gasteiger partial charge on any atom is 0.305 e. The third kappa shape index (κ3) is 2.06. The summed E-state index contributed by atoms with van der Waals surface area (Å²) in [5, 5.41) is 15.4. The second-order valence-corrected chi connectivity index (χ2v) is 2.59. The Balaban J connectivity index is 2.64. The third-order valence-corrected chi connectivity index (χ3v) is 1.53. The Hall–Kier alpha value is -0.810. The fourth-order valence-electron chi connectivity index (χ4n) is 0.497. The van der Waals surface area contributed by atoms with Crippen LogP contribution < -0.4 is 4.74 Å². The molecule has 4 nitrogen and oxygen atoms in total. The molecule has 60 valence electrons. The van der Waals surface area contributed by atoms with Gasteiger partial charge in [-0.1, -0.05) is 0 Å². The van der Waals surface area contributed by atoms with Crippen LogP contribution in [0.2, 0.25) is 0 Å². The number of ether oxygens (including phenoxy) is 1. The second kappa shape index (κ2) is 3.54. The Labute approximate surface area is 71.4 Å². The first-order chi connectivity index (χ1) is 5.24. The lowest BCUT2D eigenvalue weighted by atomic mass is 10.6. The van der Waals surface area contributed by atoms with Crippen molar-refractivity contribution in [2.45, 2.75) is 0 Å². The van der Waals surface area contributed by atoms with Crippen LogP contribution in [0.4, 0.5) is 0 Å². The summed E-state index contributed by atoms with van der Waals surface area (Å²) in [4.78, 5) is 0. The number of halogens is 1. The minimum absolute atomic E-state index is 0.184. The van der Waals surface area contributed by atoms with Gasteiger partial charge in [-0.05, 0) is 22.0 Å². The number of hydrogen-bond acceptors (Lipinski definition) is 4. The molecule has 2 N–H and O–H groups in total. The van der Waals surface area contributed by atoms with Crippen molar-refractivity contribution >= 4 is 21.8 Å². The van der Waals surface area contributed by atoms with E-state index >= 15 is 0 Å². The van der Waals surface area contributed by atoms with Gasteiger partial charge in [-0.2, -0.15) is 0 Å². The molecule has 0 spiro atoms. The van der Waals surface area contributed by atoms with Gasteiger partial charge in [0.25, 0.3) is 0 Å². The van der Waals surface area contributed by atoms with Crippen LogP contribution in [0.1, 0.15) is 0 Å². The van der Waals surface area contributed by atoms with Crippen LogP contribution in [0.25, 0.3) is 0 Å². The summed E-state index contributed by atoms with van der Waals surface area (Å²) >= 11 is 3.13. The minimum Gasteiger partial charge on any atom is -0.433 e. The summed E-state index contributed by atoms with van der Waals surface area (Å²) in [5.74, 6) is -0.0651. The molecule has 0 atom stereocenters. The van der Waals surface area contributed by atoms with Crippen LogP contribution in [-0.4, -0.2) is 17.6 Å². The highest BCUT2D eigenvalue weighted by atomic mass is 79.9. The molecule has 0 saturated carbocycles. The lowest BCUT2D eigenvalue weighted by Gasteiger charge is -1.99. The van der Waals surface area contributed by atoms with E-state index < -0.39 is 6.61 Å². The van der Waals surface area contributed by atoms with Gasteiger partial charge in [0.05, 0.1) is 6.26 Å². The Morgan fingerprint density at radius 1 is 1.82 bits per heavy atom. The number of aliphatic hydroxyl groups excluding tert-OH is 1. The number of nitrogens with one attached hydrogen (secondary N) is 1. The van der Waals surface area contributed by atoms with Crippen LogP contribution in [0, 0.1) is 5.41 Å². The van der Waals surface area contributed by atoms with Gasteiger partial charge in [0, 0.05) is 0 Å². The van der Waals surface area contributed by atoms with Gasteiger partial charge in [-0.15, -0.1) is 0 Å². The smallest absolute Gasteiger partial charge is 0.305 e. The molecule has 0 aliphatic carbocycles. The molecule has 1 rings (SSSR count). The fraction of sp³-hybridized carbons (Fsp3) is 0.167. The van der Waals surface area contributed by atoms with Crippen LogP contribution in [0.15, 0.2) is 21.2 Å².